The summed E-state index contributed by atoms with van der Waals surface area (Å²) in [5.41, 5.74) is 5.49. The molecule has 2 aliphatic heterocycles. The molecule has 0 aromatic heterocycles. The van der Waals surface area contributed by atoms with Gasteiger partial charge in [-0.2, -0.15) is 0 Å². The Kier molecular flexibility index (Phi) is 8.28. The van der Waals surface area contributed by atoms with Crippen molar-refractivity contribution < 1.29 is 29.0 Å². The zero-order chi connectivity index (χ0) is 33.6. The highest BCUT2D eigenvalue weighted by Crippen LogP contribution is 2.38. The molecule has 0 spiro atoms. The van der Waals surface area contributed by atoms with Crippen molar-refractivity contribution in [1.29, 1.82) is 0 Å². The summed E-state index contributed by atoms with van der Waals surface area (Å²) in [4.78, 5) is 42.3. The Balaban J connectivity index is 1.11. The van der Waals surface area contributed by atoms with Gasteiger partial charge in [0.25, 0.3) is 18.1 Å². The third-order valence-electron chi connectivity index (χ3n) is 10.5. The molecule has 0 unspecified atom stereocenters. The molecule has 8 rings (SSSR count). The predicted octanol–water partition coefficient (Wildman–Crippen LogP) is 8.66. The van der Waals surface area contributed by atoms with E-state index in [4.69, 9.17) is 21.1 Å². The molecule has 1 N–H and O–H groups in total. The van der Waals surface area contributed by atoms with Crippen LogP contribution >= 0.6 is 11.6 Å². The first-order valence-corrected chi connectivity index (χ1v) is 17.5. The molecule has 49 heavy (non-hydrogen) atoms. The van der Waals surface area contributed by atoms with E-state index in [1.807, 2.05) is 70.5 Å². The molecule has 4 aromatic carbocycles. The number of benzene rings is 4. The zero-order valence-corrected chi connectivity index (χ0v) is 27.8. The van der Waals surface area contributed by atoms with E-state index in [2.05, 4.69) is 0 Å². The third-order valence-corrected chi connectivity index (χ3v) is 10.9. The van der Waals surface area contributed by atoms with Crippen LogP contribution in [0.15, 0.2) is 78.9 Å². The van der Waals surface area contributed by atoms with Crippen LogP contribution in [0.3, 0.4) is 0 Å². The largest absolute Gasteiger partial charge is 0.478 e. The second kappa shape index (κ2) is 12.9. The highest BCUT2D eigenvalue weighted by molar-refractivity contribution is 6.33. The van der Waals surface area contributed by atoms with Crippen molar-refractivity contribution in [3.63, 3.8) is 0 Å². The number of carbonyl (C=O) groups is 3. The lowest BCUT2D eigenvalue weighted by Gasteiger charge is -2.23. The van der Waals surface area contributed by atoms with Gasteiger partial charge in [0.1, 0.15) is 11.5 Å². The molecular weight excluding hydrogens is 640 g/mol. The molecule has 2 amide bonds. The van der Waals surface area contributed by atoms with Gasteiger partial charge in [0.15, 0.2) is 0 Å². The van der Waals surface area contributed by atoms with E-state index >= 15 is 0 Å². The van der Waals surface area contributed by atoms with Crippen LogP contribution in [0.4, 0.5) is 0 Å². The molecule has 9 heteroatoms. The van der Waals surface area contributed by atoms with Gasteiger partial charge < -0.3 is 24.4 Å². The smallest absolute Gasteiger partial charge is 0.337 e. The molecule has 2 aliphatic carbocycles. The standard InChI is InChI=1S/C40H37ClN2O6/c41-36-17-12-25(21-35(36)39(46)47)24-6-5-7-26(18-24)40(48-31-13-15-33-27(19-31)22-42(37(33)44)29-8-1-2-9-29)49-32-14-16-34-28(20-32)23-43(38(34)45)30-10-3-4-11-30/h5-7,12-21,29-30,40H,1-4,8-11,22-23H2,(H,46,47). The Morgan fingerprint density at radius 3 is 1.76 bits per heavy atom. The second-order valence-electron chi connectivity index (χ2n) is 13.6. The number of carboxylic acid groups (broad SMARTS) is 1. The number of halogens is 1. The zero-order valence-electron chi connectivity index (χ0n) is 27.1. The Morgan fingerprint density at radius 1 is 0.694 bits per heavy atom. The normalized spacial score (nSPS) is 17.7. The first kappa shape index (κ1) is 31.4. The molecule has 0 saturated heterocycles. The third kappa shape index (κ3) is 6.03. The number of ether oxygens (including phenoxy) is 2. The maximum absolute atomic E-state index is 13.3. The van der Waals surface area contributed by atoms with Gasteiger partial charge in [-0.1, -0.05) is 61.5 Å². The van der Waals surface area contributed by atoms with Crippen LogP contribution < -0.4 is 9.47 Å². The highest BCUT2D eigenvalue weighted by atomic mass is 35.5. The van der Waals surface area contributed by atoms with Gasteiger partial charge in [0.05, 0.1) is 10.6 Å². The lowest BCUT2D eigenvalue weighted by atomic mass is 10.0. The van der Waals surface area contributed by atoms with Gasteiger partial charge >= 0.3 is 5.97 Å². The van der Waals surface area contributed by atoms with Gasteiger partial charge in [-0.3, -0.25) is 9.59 Å². The van der Waals surface area contributed by atoms with E-state index in [0.29, 0.717) is 46.8 Å². The Labute approximate surface area is 290 Å². The Morgan fingerprint density at radius 2 is 1.22 bits per heavy atom. The van der Waals surface area contributed by atoms with Crippen LogP contribution in [0.5, 0.6) is 11.5 Å². The average Bonchev–Trinajstić information content (AvgIpc) is 3.93. The second-order valence-corrected chi connectivity index (χ2v) is 14.0. The molecule has 2 saturated carbocycles. The summed E-state index contributed by atoms with van der Waals surface area (Å²) in [6, 6.07) is 24.3. The van der Waals surface area contributed by atoms with E-state index in [0.717, 1.165) is 68.1 Å². The lowest BCUT2D eigenvalue weighted by Crippen LogP contribution is -2.33. The van der Waals surface area contributed by atoms with E-state index in [1.54, 1.807) is 18.2 Å². The topological polar surface area (TPSA) is 96.4 Å². The SMILES string of the molecule is O=C(O)c1cc(-c2cccc(C(Oc3ccc4c(c3)CN(C3CCCC3)C4=O)Oc3ccc4c(c3)CN(C3CCCC3)C4=O)c2)ccc1Cl. The summed E-state index contributed by atoms with van der Waals surface area (Å²) in [5.74, 6) is 0.196. The predicted molar refractivity (Wildman–Crippen MR) is 185 cm³/mol. The van der Waals surface area contributed by atoms with Crippen LogP contribution in [0.1, 0.15) is 105 Å². The number of hydrogen-bond acceptors (Lipinski definition) is 5. The van der Waals surface area contributed by atoms with Gasteiger partial charge in [-0.05, 0) is 103 Å². The van der Waals surface area contributed by atoms with E-state index in [9.17, 15) is 19.5 Å². The number of rotatable bonds is 9. The first-order chi connectivity index (χ1) is 23.8. The molecule has 8 nitrogen and oxygen atoms in total. The van der Waals surface area contributed by atoms with Crippen molar-refractivity contribution in [2.24, 2.45) is 0 Å². The molecule has 250 valence electrons. The number of carbonyl (C=O) groups excluding carboxylic acids is 2. The van der Waals surface area contributed by atoms with Crippen molar-refractivity contribution >= 4 is 29.4 Å². The van der Waals surface area contributed by atoms with Gasteiger partial charge in [0.2, 0.25) is 0 Å². The molecule has 4 aromatic rings. The van der Waals surface area contributed by atoms with Crippen LogP contribution in [0.25, 0.3) is 11.1 Å². The number of amides is 2. The molecule has 2 heterocycles. The van der Waals surface area contributed by atoms with Gasteiger partial charge in [-0.25, -0.2) is 4.79 Å². The summed E-state index contributed by atoms with van der Waals surface area (Å²) in [5, 5.41) is 9.82. The van der Waals surface area contributed by atoms with Crippen molar-refractivity contribution in [2.45, 2.75) is 82.8 Å². The summed E-state index contributed by atoms with van der Waals surface area (Å²) in [6.07, 6.45) is 7.89. The summed E-state index contributed by atoms with van der Waals surface area (Å²) < 4.78 is 13.2. The minimum Gasteiger partial charge on any atom is -0.478 e. The fourth-order valence-electron chi connectivity index (χ4n) is 7.95. The quantitative estimate of drug-likeness (QED) is 0.178. The van der Waals surface area contributed by atoms with Crippen molar-refractivity contribution in [3.05, 3.63) is 117 Å². The maximum atomic E-state index is 13.3. The summed E-state index contributed by atoms with van der Waals surface area (Å²) in [6.45, 7) is 1.13. The van der Waals surface area contributed by atoms with Crippen LogP contribution in [-0.2, 0) is 13.1 Å². The molecule has 0 radical (unpaired) electrons. The fourth-order valence-corrected chi connectivity index (χ4v) is 8.15. The van der Waals surface area contributed by atoms with Crippen molar-refractivity contribution in [1.82, 2.24) is 9.80 Å². The van der Waals surface area contributed by atoms with Gasteiger partial charge in [0, 0.05) is 41.9 Å². The fraction of sp³-hybridized carbons (Fsp3) is 0.325. The number of hydrogen-bond donors (Lipinski definition) is 1. The summed E-state index contributed by atoms with van der Waals surface area (Å²) >= 11 is 6.16. The molecule has 2 fully saturated rings. The lowest BCUT2D eigenvalue weighted by molar-refractivity contribution is 0.00371. The minimum absolute atomic E-state index is 0.0206. The van der Waals surface area contributed by atoms with Crippen LogP contribution in [0, 0.1) is 0 Å². The number of carboxylic acids is 1. The van der Waals surface area contributed by atoms with Crippen molar-refractivity contribution in [2.75, 3.05) is 0 Å². The summed E-state index contributed by atoms with van der Waals surface area (Å²) in [7, 11) is 0. The molecular formula is C40H37ClN2O6. The van der Waals surface area contributed by atoms with E-state index < -0.39 is 12.3 Å². The van der Waals surface area contributed by atoms with Gasteiger partial charge in [-0.15, -0.1) is 0 Å². The monoisotopic (exact) mass is 676 g/mol. The Bertz CT molecular complexity index is 1880. The molecule has 0 atom stereocenters. The maximum Gasteiger partial charge on any atom is 0.337 e. The average molecular weight is 677 g/mol. The number of aromatic carboxylic acids is 1. The first-order valence-electron chi connectivity index (χ1n) is 17.2. The van der Waals surface area contributed by atoms with E-state index in [1.165, 1.54) is 0 Å². The highest BCUT2D eigenvalue weighted by Gasteiger charge is 2.36. The van der Waals surface area contributed by atoms with Crippen molar-refractivity contribution in [3.8, 4) is 22.6 Å². The van der Waals surface area contributed by atoms with Crippen LogP contribution in [0.2, 0.25) is 5.02 Å². The minimum atomic E-state index is -1.10. The Hall–Kier alpha value is -4.82. The van der Waals surface area contributed by atoms with Crippen LogP contribution in [-0.4, -0.2) is 44.8 Å². The molecule has 0 bridgehead atoms. The number of fused-ring (bicyclic) bond motifs is 2. The molecule has 4 aliphatic rings. The number of nitrogens with zero attached hydrogens (tertiary/aromatic N) is 2. The van der Waals surface area contributed by atoms with E-state index in [-0.39, 0.29) is 34.5 Å².